The predicted molar refractivity (Wildman–Crippen MR) is 60.7 cm³/mol. The van der Waals surface area contributed by atoms with E-state index in [1.54, 1.807) is 6.07 Å². The van der Waals surface area contributed by atoms with Gasteiger partial charge in [-0.05, 0) is 34.8 Å². The molecule has 0 spiro atoms. The normalized spacial score (nSPS) is 23.3. The molecule has 0 aromatic heterocycles. The Morgan fingerprint density at radius 3 is 2.87 bits per heavy atom. The van der Waals surface area contributed by atoms with Crippen molar-refractivity contribution in [3.63, 3.8) is 0 Å². The van der Waals surface area contributed by atoms with Gasteiger partial charge in [0.05, 0.1) is 0 Å². The highest BCUT2D eigenvalue weighted by molar-refractivity contribution is 7.91. The van der Waals surface area contributed by atoms with Crippen molar-refractivity contribution in [1.29, 1.82) is 0 Å². The van der Waals surface area contributed by atoms with E-state index < -0.39 is 11.2 Å². The molecule has 1 atom stereocenters. The molecule has 2 rings (SSSR count). The fourth-order valence-electron chi connectivity index (χ4n) is 1.94. The van der Waals surface area contributed by atoms with E-state index in [2.05, 4.69) is 13.8 Å². The number of rotatable bonds is 1. The maximum Gasteiger partial charge on any atom is 0.156 e. The maximum absolute atomic E-state index is 11.8. The predicted octanol–water partition coefficient (Wildman–Crippen LogP) is 2.29. The van der Waals surface area contributed by atoms with Crippen LogP contribution in [-0.2, 0) is 16.6 Å². The summed E-state index contributed by atoms with van der Waals surface area (Å²) in [5, 5.41) is 0. The Balaban J connectivity index is 2.58. The van der Waals surface area contributed by atoms with E-state index in [0.29, 0.717) is 5.56 Å². The molecule has 80 valence electrons. The van der Waals surface area contributed by atoms with Crippen molar-refractivity contribution in [3.05, 3.63) is 29.3 Å². The molecule has 1 aliphatic rings. The Kier molecular flexibility index (Phi) is 2.61. The minimum absolute atomic E-state index is 0.0300. The molecule has 2 nitrogen and oxygen atoms in total. The molecule has 1 aromatic carbocycles. The van der Waals surface area contributed by atoms with Gasteiger partial charge in [-0.15, -0.1) is 0 Å². The van der Waals surface area contributed by atoms with Crippen LogP contribution >= 0.6 is 0 Å². The van der Waals surface area contributed by atoms with E-state index in [-0.39, 0.29) is 5.41 Å². The Morgan fingerprint density at radius 1 is 1.47 bits per heavy atom. The molecular formula is C12H14O2S. The fourth-order valence-corrected chi connectivity index (χ4v) is 3.66. The number of aldehydes is 1. The smallest absolute Gasteiger partial charge is 0.156 e. The maximum atomic E-state index is 11.8. The van der Waals surface area contributed by atoms with Crippen LogP contribution < -0.4 is 0 Å². The molecule has 0 saturated carbocycles. The minimum atomic E-state index is -0.888. The highest BCUT2D eigenvalue weighted by Gasteiger charge is 2.35. The first kappa shape index (κ1) is 10.7. The largest absolute Gasteiger partial charge is 0.611 e. The van der Waals surface area contributed by atoms with Gasteiger partial charge in [-0.25, -0.2) is 0 Å². The average Bonchev–Trinajstić information content (AvgIpc) is 2.24. The Bertz CT molecular complexity index is 399. The van der Waals surface area contributed by atoms with Crippen LogP contribution in [0.3, 0.4) is 0 Å². The van der Waals surface area contributed by atoms with Crippen molar-refractivity contribution < 1.29 is 9.35 Å². The van der Waals surface area contributed by atoms with E-state index in [9.17, 15) is 9.35 Å². The van der Waals surface area contributed by atoms with Crippen molar-refractivity contribution in [3.8, 4) is 0 Å². The highest BCUT2D eigenvalue weighted by atomic mass is 32.2. The SMILES string of the molecule is CC1(C)CC[S+]([O-])c2ccc(C=O)cc21. The van der Waals surface area contributed by atoms with Gasteiger partial charge in [0.15, 0.2) is 4.90 Å². The van der Waals surface area contributed by atoms with Gasteiger partial charge < -0.3 is 4.55 Å². The van der Waals surface area contributed by atoms with Crippen LogP contribution in [0.5, 0.6) is 0 Å². The summed E-state index contributed by atoms with van der Waals surface area (Å²) in [5.74, 6) is 0.723. The van der Waals surface area contributed by atoms with Crippen LogP contribution in [0.25, 0.3) is 0 Å². The van der Waals surface area contributed by atoms with Gasteiger partial charge in [-0.1, -0.05) is 13.8 Å². The lowest BCUT2D eigenvalue weighted by molar-refractivity contribution is 0.112. The number of carbonyl (C=O) groups excluding carboxylic acids is 1. The van der Waals surface area contributed by atoms with Crippen molar-refractivity contribution in [2.45, 2.75) is 30.6 Å². The van der Waals surface area contributed by atoms with Crippen LogP contribution in [0.15, 0.2) is 23.1 Å². The summed E-state index contributed by atoms with van der Waals surface area (Å²) in [7, 11) is 0. The van der Waals surface area contributed by atoms with Gasteiger partial charge in [-0.2, -0.15) is 0 Å². The number of hydrogen-bond acceptors (Lipinski definition) is 2. The summed E-state index contributed by atoms with van der Waals surface area (Å²) in [6.07, 6.45) is 1.75. The number of benzene rings is 1. The summed E-state index contributed by atoms with van der Waals surface area (Å²) < 4.78 is 11.8. The molecule has 0 bridgehead atoms. The lowest BCUT2D eigenvalue weighted by Crippen LogP contribution is -2.30. The topological polar surface area (TPSA) is 40.1 Å². The summed E-state index contributed by atoms with van der Waals surface area (Å²) in [6, 6.07) is 5.45. The molecule has 0 N–H and O–H groups in total. The number of carbonyl (C=O) groups is 1. The van der Waals surface area contributed by atoms with Crippen LogP contribution in [-0.4, -0.2) is 16.6 Å². The van der Waals surface area contributed by atoms with Gasteiger partial charge >= 0.3 is 0 Å². The van der Waals surface area contributed by atoms with Crippen molar-refractivity contribution >= 4 is 17.5 Å². The van der Waals surface area contributed by atoms with Crippen LogP contribution in [0.4, 0.5) is 0 Å². The van der Waals surface area contributed by atoms with Crippen molar-refractivity contribution in [2.75, 3.05) is 5.75 Å². The molecule has 3 heteroatoms. The molecule has 1 unspecified atom stereocenters. The lowest BCUT2D eigenvalue weighted by Gasteiger charge is -2.32. The van der Waals surface area contributed by atoms with Gasteiger partial charge in [0.25, 0.3) is 0 Å². The zero-order chi connectivity index (χ0) is 11.1. The van der Waals surface area contributed by atoms with Crippen LogP contribution in [0.2, 0.25) is 0 Å². The van der Waals surface area contributed by atoms with E-state index in [1.807, 2.05) is 12.1 Å². The second-order valence-corrected chi connectivity index (χ2v) is 6.10. The van der Waals surface area contributed by atoms with Gasteiger partial charge in [-0.3, -0.25) is 4.79 Å². The fraction of sp³-hybridized carbons (Fsp3) is 0.417. The van der Waals surface area contributed by atoms with Crippen molar-refractivity contribution in [1.82, 2.24) is 0 Å². The Labute approximate surface area is 92.9 Å². The van der Waals surface area contributed by atoms with E-state index >= 15 is 0 Å². The molecule has 0 radical (unpaired) electrons. The molecule has 15 heavy (non-hydrogen) atoms. The molecule has 1 heterocycles. The van der Waals surface area contributed by atoms with Crippen LogP contribution in [0, 0.1) is 0 Å². The first-order valence-corrected chi connectivity index (χ1v) is 6.34. The highest BCUT2D eigenvalue weighted by Crippen LogP contribution is 2.38. The third-order valence-electron chi connectivity index (χ3n) is 3.03. The standard InChI is InChI=1S/C12H14O2S/c1-12(2)5-6-15(14)11-4-3-9(8-13)7-10(11)12/h3-4,7-8H,5-6H2,1-2H3. The molecule has 0 aliphatic carbocycles. The first-order valence-electron chi connectivity index (χ1n) is 5.03. The van der Waals surface area contributed by atoms with Crippen LogP contribution in [0.1, 0.15) is 36.2 Å². The quantitative estimate of drug-likeness (QED) is 0.540. The molecule has 0 saturated heterocycles. The zero-order valence-corrected chi connectivity index (χ0v) is 9.76. The summed E-state index contributed by atoms with van der Waals surface area (Å²) >= 11 is -0.888. The van der Waals surface area contributed by atoms with E-state index in [4.69, 9.17) is 0 Å². The minimum Gasteiger partial charge on any atom is -0.611 e. The third-order valence-corrected chi connectivity index (χ3v) is 4.45. The second kappa shape index (κ2) is 3.65. The lowest BCUT2D eigenvalue weighted by atomic mass is 9.81. The third kappa shape index (κ3) is 1.82. The van der Waals surface area contributed by atoms with Gasteiger partial charge in [0.2, 0.25) is 0 Å². The molecule has 1 aromatic rings. The van der Waals surface area contributed by atoms with Gasteiger partial charge in [0, 0.05) is 17.5 Å². The molecular weight excluding hydrogens is 208 g/mol. The average molecular weight is 222 g/mol. The van der Waals surface area contributed by atoms with E-state index in [0.717, 1.165) is 28.9 Å². The zero-order valence-electron chi connectivity index (χ0n) is 8.95. The first-order chi connectivity index (χ1) is 7.04. The van der Waals surface area contributed by atoms with Gasteiger partial charge in [0.1, 0.15) is 12.0 Å². The van der Waals surface area contributed by atoms with E-state index in [1.165, 1.54) is 0 Å². The summed E-state index contributed by atoms with van der Waals surface area (Å²) in [4.78, 5) is 11.6. The number of fused-ring (bicyclic) bond motifs is 1. The second-order valence-electron chi connectivity index (χ2n) is 4.56. The molecule has 0 amide bonds. The Morgan fingerprint density at radius 2 is 2.20 bits per heavy atom. The summed E-state index contributed by atoms with van der Waals surface area (Å²) in [5.41, 5.74) is 1.76. The molecule has 0 fully saturated rings. The monoisotopic (exact) mass is 222 g/mol. The molecule has 1 aliphatic heterocycles. The Hall–Kier alpha value is -0.800. The number of hydrogen-bond donors (Lipinski definition) is 0. The van der Waals surface area contributed by atoms with Crippen molar-refractivity contribution in [2.24, 2.45) is 0 Å². The summed E-state index contributed by atoms with van der Waals surface area (Å²) in [6.45, 7) is 4.27.